The third-order valence-electron chi connectivity index (χ3n) is 6.59. The lowest BCUT2D eigenvalue weighted by molar-refractivity contribution is 0.565. The molecule has 1 aliphatic carbocycles. The average Bonchev–Trinajstić information content (AvgIpc) is 3.25. The molecule has 0 radical (unpaired) electrons. The van der Waals surface area contributed by atoms with Gasteiger partial charge in [0, 0.05) is 22.3 Å². The van der Waals surface area contributed by atoms with Gasteiger partial charge >= 0.3 is 5.69 Å². The summed E-state index contributed by atoms with van der Waals surface area (Å²) in [5.41, 5.74) is -0.238. The smallest absolute Gasteiger partial charge is 0.310 e. The van der Waals surface area contributed by atoms with Crippen molar-refractivity contribution in [3.63, 3.8) is 0 Å². The molecule has 2 aliphatic rings. The van der Waals surface area contributed by atoms with Gasteiger partial charge in [-0.15, -0.1) is 6.58 Å². The fourth-order valence-corrected chi connectivity index (χ4v) is 7.19. The Morgan fingerprint density at radius 1 is 1.25 bits per heavy atom. The lowest BCUT2D eigenvalue weighted by Crippen LogP contribution is -2.37. The summed E-state index contributed by atoms with van der Waals surface area (Å²) in [6, 6.07) is 4.17. The zero-order valence-corrected chi connectivity index (χ0v) is 19.8. The van der Waals surface area contributed by atoms with Crippen LogP contribution in [-0.2, 0) is 23.0 Å². The molecule has 0 bridgehead atoms. The number of imidazole rings is 1. The van der Waals surface area contributed by atoms with Crippen LogP contribution in [0.2, 0.25) is 0 Å². The molecule has 10 heteroatoms. The number of aryl methyl sites for hydroxylation is 2. The molecule has 2 aromatic heterocycles. The van der Waals surface area contributed by atoms with Crippen molar-refractivity contribution in [2.45, 2.75) is 50.3 Å². The zero-order valence-electron chi connectivity index (χ0n) is 17.4. The summed E-state index contributed by atoms with van der Waals surface area (Å²) in [4.78, 5) is 26.8. The van der Waals surface area contributed by atoms with E-state index in [2.05, 4.69) is 22.5 Å². The van der Waals surface area contributed by atoms with Crippen LogP contribution in [0.3, 0.4) is 0 Å². The number of hydrogen-bond acceptors (Lipinski definition) is 4. The van der Waals surface area contributed by atoms with Gasteiger partial charge in [0.05, 0.1) is 16.0 Å². The van der Waals surface area contributed by atoms with Crippen molar-refractivity contribution in [3.05, 3.63) is 73.2 Å². The lowest BCUT2D eigenvalue weighted by atomic mass is 10.2. The Bertz CT molecular complexity index is 1540. The number of nitrogens with zero attached hydrogens (tertiary/aromatic N) is 3. The van der Waals surface area contributed by atoms with E-state index in [1.807, 2.05) is 0 Å². The summed E-state index contributed by atoms with van der Waals surface area (Å²) in [5, 5.41) is 0. The van der Waals surface area contributed by atoms with Crippen LogP contribution in [-0.4, -0.2) is 26.3 Å². The molecule has 1 aromatic carbocycles. The maximum Gasteiger partial charge on any atom is 0.347 e. The first-order valence-electron chi connectivity index (χ1n) is 10.4. The topological polar surface area (TPSA) is 83.1 Å². The van der Waals surface area contributed by atoms with Gasteiger partial charge in [-0.1, -0.05) is 22.0 Å². The molecule has 0 amide bonds. The first kappa shape index (κ1) is 21.4. The molecule has 0 saturated heterocycles. The van der Waals surface area contributed by atoms with Gasteiger partial charge in [-0.2, -0.15) is 3.97 Å². The second-order valence-electron chi connectivity index (χ2n) is 8.49. The minimum absolute atomic E-state index is 0.101. The van der Waals surface area contributed by atoms with Crippen LogP contribution in [0.1, 0.15) is 36.9 Å². The summed E-state index contributed by atoms with van der Waals surface area (Å²) >= 11 is 3.20. The van der Waals surface area contributed by atoms with Crippen molar-refractivity contribution in [3.8, 4) is 5.69 Å². The molecular formula is C22H21BrFN3O4S. The molecular weight excluding hydrogens is 501 g/mol. The Labute approximate surface area is 192 Å². The van der Waals surface area contributed by atoms with E-state index >= 15 is 0 Å². The largest absolute Gasteiger partial charge is 0.347 e. The van der Waals surface area contributed by atoms with Crippen molar-refractivity contribution in [2.24, 2.45) is 0 Å². The SMILES string of the molecule is C=CCC1(S(=O)(=O)n2c(=O)n(-c3ccc(Br)cc3F)c3c(C)c(=O)n4c(c32)CCC4)CC1. The van der Waals surface area contributed by atoms with Gasteiger partial charge in [0.2, 0.25) is 10.0 Å². The van der Waals surface area contributed by atoms with Gasteiger partial charge in [0.1, 0.15) is 11.3 Å². The van der Waals surface area contributed by atoms with Gasteiger partial charge in [-0.05, 0) is 57.2 Å². The second kappa shape index (κ2) is 7.02. The fourth-order valence-electron chi connectivity index (χ4n) is 4.80. The van der Waals surface area contributed by atoms with Gasteiger partial charge in [-0.3, -0.25) is 9.36 Å². The van der Waals surface area contributed by atoms with E-state index in [-0.39, 0.29) is 34.3 Å². The number of aromatic nitrogens is 3. The minimum Gasteiger partial charge on any atom is -0.310 e. The van der Waals surface area contributed by atoms with Crippen LogP contribution in [0.15, 0.2) is 44.9 Å². The third kappa shape index (κ3) is 2.71. The van der Waals surface area contributed by atoms with Crippen LogP contribution < -0.4 is 11.2 Å². The molecule has 0 atom stereocenters. The molecule has 3 heterocycles. The van der Waals surface area contributed by atoms with E-state index in [9.17, 15) is 22.4 Å². The molecule has 0 spiro atoms. The molecule has 168 valence electrons. The monoisotopic (exact) mass is 521 g/mol. The van der Waals surface area contributed by atoms with Gasteiger partial charge in [0.25, 0.3) is 5.56 Å². The van der Waals surface area contributed by atoms with E-state index in [0.29, 0.717) is 42.4 Å². The molecule has 0 N–H and O–H groups in total. The van der Waals surface area contributed by atoms with Gasteiger partial charge in [0.15, 0.2) is 0 Å². The first-order valence-corrected chi connectivity index (χ1v) is 12.6. The summed E-state index contributed by atoms with van der Waals surface area (Å²) in [5.74, 6) is -0.704. The fraction of sp³-hybridized carbons (Fsp3) is 0.364. The predicted octanol–water partition coefficient (Wildman–Crippen LogP) is 3.40. The normalized spacial score (nSPS) is 17.0. The number of hydrogen-bond donors (Lipinski definition) is 0. The van der Waals surface area contributed by atoms with Crippen molar-refractivity contribution in [2.75, 3.05) is 0 Å². The van der Waals surface area contributed by atoms with Crippen molar-refractivity contribution >= 4 is 37.0 Å². The van der Waals surface area contributed by atoms with Crippen molar-refractivity contribution in [1.82, 2.24) is 13.1 Å². The van der Waals surface area contributed by atoms with Crippen LogP contribution >= 0.6 is 15.9 Å². The first-order chi connectivity index (χ1) is 15.1. The molecule has 32 heavy (non-hydrogen) atoms. The Hall–Kier alpha value is -2.46. The zero-order chi connectivity index (χ0) is 23.0. The molecule has 1 fully saturated rings. The van der Waals surface area contributed by atoms with Crippen LogP contribution in [0, 0.1) is 12.7 Å². The number of halogens is 2. The van der Waals surface area contributed by atoms with Crippen molar-refractivity contribution in [1.29, 1.82) is 0 Å². The number of pyridine rings is 1. The summed E-state index contributed by atoms with van der Waals surface area (Å²) in [6.45, 7) is 5.68. The van der Waals surface area contributed by atoms with Crippen LogP contribution in [0.25, 0.3) is 16.7 Å². The summed E-state index contributed by atoms with van der Waals surface area (Å²) in [7, 11) is -4.14. The highest BCUT2D eigenvalue weighted by Crippen LogP contribution is 2.48. The Morgan fingerprint density at radius 2 is 1.97 bits per heavy atom. The average molecular weight is 522 g/mol. The van der Waals surface area contributed by atoms with E-state index in [4.69, 9.17) is 0 Å². The number of allylic oxidation sites excluding steroid dienone is 1. The second-order valence-corrected chi connectivity index (χ2v) is 11.6. The summed E-state index contributed by atoms with van der Waals surface area (Å²) < 4.78 is 45.4. The highest BCUT2D eigenvalue weighted by molar-refractivity contribution is 9.10. The Balaban J connectivity index is 1.99. The van der Waals surface area contributed by atoms with Gasteiger partial charge < -0.3 is 4.57 Å². The maximum atomic E-state index is 15.0. The number of benzene rings is 1. The lowest BCUT2D eigenvalue weighted by Gasteiger charge is -2.16. The third-order valence-corrected chi connectivity index (χ3v) is 9.58. The van der Waals surface area contributed by atoms with Crippen LogP contribution in [0.4, 0.5) is 4.39 Å². The van der Waals surface area contributed by atoms with Gasteiger partial charge in [-0.25, -0.2) is 17.6 Å². The quantitative estimate of drug-likeness (QED) is 0.481. The standard InChI is InChI=1S/C22H21BrFN3O4S/c1-3-8-22(9-10-22)32(30,31)27-19-17-5-4-11-25(17)20(28)13(2)18(19)26(21(27)29)16-7-6-14(23)12-15(16)24/h3,6-7,12H,1,4-5,8-11H2,2H3. The molecule has 7 nitrogen and oxygen atoms in total. The van der Waals surface area contributed by atoms with E-state index in [1.165, 1.54) is 12.1 Å². The van der Waals surface area contributed by atoms with E-state index in [1.54, 1.807) is 23.6 Å². The van der Waals surface area contributed by atoms with Crippen molar-refractivity contribution < 1.29 is 12.8 Å². The number of rotatable bonds is 5. The summed E-state index contributed by atoms with van der Waals surface area (Å²) in [6.07, 6.45) is 3.72. The Morgan fingerprint density at radius 3 is 2.59 bits per heavy atom. The molecule has 3 aromatic rings. The molecule has 0 unspecified atom stereocenters. The van der Waals surface area contributed by atoms with Crippen LogP contribution in [0.5, 0.6) is 0 Å². The predicted molar refractivity (Wildman–Crippen MR) is 124 cm³/mol. The maximum absolute atomic E-state index is 15.0. The minimum atomic E-state index is -4.14. The highest BCUT2D eigenvalue weighted by atomic mass is 79.9. The Kier molecular flexibility index (Phi) is 4.69. The number of fused-ring (bicyclic) bond motifs is 3. The van der Waals surface area contributed by atoms with E-state index in [0.717, 1.165) is 8.54 Å². The molecule has 1 saturated carbocycles. The highest BCUT2D eigenvalue weighted by Gasteiger charge is 2.56. The molecule has 5 rings (SSSR count). The van der Waals surface area contributed by atoms with E-state index < -0.39 is 26.3 Å². The molecule has 1 aliphatic heterocycles.